The number of carboxylic acids is 2. The molecule has 15 heavy (non-hydrogen) atoms. The van der Waals surface area contributed by atoms with Crippen LogP contribution in [0.3, 0.4) is 0 Å². The number of hydrogen-bond donors (Lipinski definition) is 2. The van der Waals surface area contributed by atoms with Crippen LogP contribution in [-0.2, 0) is 9.59 Å². The molecule has 88 valence electrons. The largest absolute Gasteiger partial charge is 0.480 e. The molecule has 0 spiro atoms. The van der Waals surface area contributed by atoms with E-state index in [1.165, 1.54) is 0 Å². The smallest absolute Gasteiger partial charge is 0.321 e. The van der Waals surface area contributed by atoms with Crippen molar-refractivity contribution in [1.29, 1.82) is 0 Å². The second kappa shape index (κ2) is 6.90. The van der Waals surface area contributed by atoms with Crippen LogP contribution in [0.25, 0.3) is 0 Å². The summed E-state index contributed by atoms with van der Waals surface area (Å²) in [6.07, 6.45) is 0.807. The summed E-state index contributed by atoms with van der Waals surface area (Å²) in [5.74, 6) is -2.12. The molecular formula is C9H14Cl2O4. The van der Waals surface area contributed by atoms with Gasteiger partial charge in [-0.05, 0) is 25.7 Å². The Balaban J connectivity index is 4.73. The third kappa shape index (κ3) is 3.87. The zero-order valence-corrected chi connectivity index (χ0v) is 9.72. The lowest BCUT2D eigenvalue weighted by molar-refractivity contribution is -0.166. The number of carboxylic acid groups (broad SMARTS) is 2. The van der Waals surface area contributed by atoms with Crippen molar-refractivity contribution in [2.75, 3.05) is 11.8 Å². The molecule has 0 aromatic heterocycles. The third-order valence-electron chi connectivity index (χ3n) is 2.29. The molecule has 0 aliphatic rings. The summed E-state index contributed by atoms with van der Waals surface area (Å²) in [6.45, 7) is 0. The molecule has 0 aromatic rings. The molecule has 0 aliphatic carbocycles. The quantitative estimate of drug-likeness (QED) is 0.516. The average molecular weight is 257 g/mol. The number of rotatable bonds is 8. The van der Waals surface area contributed by atoms with Crippen LogP contribution in [-0.4, -0.2) is 33.9 Å². The van der Waals surface area contributed by atoms with E-state index < -0.39 is 17.4 Å². The first-order chi connectivity index (χ1) is 7.01. The maximum atomic E-state index is 11.0. The number of aliphatic carboxylic acids is 2. The first kappa shape index (κ1) is 14.5. The minimum absolute atomic E-state index is 0.0397. The molecule has 0 aromatic carbocycles. The van der Waals surface area contributed by atoms with Crippen molar-refractivity contribution in [3.8, 4) is 0 Å². The van der Waals surface area contributed by atoms with Crippen molar-refractivity contribution >= 4 is 35.1 Å². The molecule has 0 saturated heterocycles. The third-order valence-corrected chi connectivity index (χ3v) is 2.83. The lowest BCUT2D eigenvalue weighted by Crippen LogP contribution is -2.39. The first-order valence-electron chi connectivity index (χ1n) is 4.60. The Labute approximate surface area is 98.2 Å². The molecule has 0 unspecified atom stereocenters. The first-order valence-corrected chi connectivity index (χ1v) is 5.67. The second-order valence-corrected chi connectivity index (χ2v) is 4.03. The van der Waals surface area contributed by atoms with Gasteiger partial charge in [0.05, 0.1) is 0 Å². The SMILES string of the molecule is O=C(O)C(CCCCl)(CCCCl)C(=O)O. The molecule has 0 amide bonds. The van der Waals surface area contributed by atoms with Gasteiger partial charge in [-0.15, -0.1) is 23.2 Å². The molecule has 0 heterocycles. The number of halogens is 2. The van der Waals surface area contributed by atoms with Crippen molar-refractivity contribution in [2.45, 2.75) is 25.7 Å². The Kier molecular flexibility index (Phi) is 6.68. The minimum atomic E-state index is -1.73. The molecule has 0 bridgehead atoms. The topological polar surface area (TPSA) is 74.6 Å². The molecule has 2 N–H and O–H groups in total. The highest BCUT2D eigenvalue weighted by Gasteiger charge is 2.45. The van der Waals surface area contributed by atoms with Gasteiger partial charge in [-0.25, -0.2) is 0 Å². The molecule has 0 fully saturated rings. The van der Waals surface area contributed by atoms with Crippen molar-refractivity contribution in [1.82, 2.24) is 0 Å². The van der Waals surface area contributed by atoms with Gasteiger partial charge in [0.2, 0.25) is 0 Å². The van der Waals surface area contributed by atoms with Crippen molar-refractivity contribution in [3.05, 3.63) is 0 Å². The molecular weight excluding hydrogens is 243 g/mol. The summed E-state index contributed by atoms with van der Waals surface area (Å²) in [5.41, 5.74) is -1.73. The summed E-state index contributed by atoms with van der Waals surface area (Å²) in [4.78, 5) is 22.0. The van der Waals surface area contributed by atoms with E-state index in [9.17, 15) is 9.59 Å². The Morgan fingerprint density at radius 2 is 1.27 bits per heavy atom. The highest BCUT2D eigenvalue weighted by Crippen LogP contribution is 2.31. The minimum Gasteiger partial charge on any atom is -0.480 e. The van der Waals surface area contributed by atoms with E-state index in [2.05, 4.69) is 0 Å². The summed E-state index contributed by atoms with van der Waals surface area (Å²) in [7, 11) is 0. The van der Waals surface area contributed by atoms with E-state index in [0.29, 0.717) is 12.8 Å². The number of hydrogen-bond acceptors (Lipinski definition) is 2. The lowest BCUT2D eigenvalue weighted by Gasteiger charge is -2.24. The molecule has 6 heteroatoms. The van der Waals surface area contributed by atoms with Crippen LogP contribution in [0.1, 0.15) is 25.7 Å². The van der Waals surface area contributed by atoms with Gasteiger partial charge < -0.3 is 10.2 Å². The van der Waals surface area contributed by atoms with Crippen LogP contribution in [0.15, 0.2) is 0 Å². The fourth-order valence-corrected chi connectivity index (χ4v) is 1.65. The van der Waals surface area contributed by atoms with Crippen LogP contribution in [0, 0.1) is 5.41 Å². The summed E-state index contributed by atoms with van der Waals surface area (Å²) in [5, 5.41) is 18.0. The van der Waals surface area contributed by atoms with Crippen LogP contribution < -0.4 is 0 Å². The van der Waals surface area contributed by atoms with Gasteiger partial charge in [0, 0.05) is 11.8 Å². The van der Waals surface area contributed by atoms with Gasteiger partial charge in [-0.1, -0.05) is 0 Å². The van der Waals surface area contributed by atoms with Crippen molar-refractivity contribution < 1.29 is 19.8 Å². The summed E-state index contributed by atoms with van der Waals surface area (Å²) < 4.78 is 0. The fraction of sp³-hybridized carbons (Fsp3) is 0.778. The molecule has 4 nitrogen and oxygen atoms in total. The van der Waals surface area contributed by atoms with Gasteiger partial charge >= 0.3 is 11.9 Å². The van der Waals surface area contributed by atoms with Gasteiger partial charge in [-0.3, -0.25) is 9.59 Å². The molecule has 0 aliphatic heterocycles. The Hall–Kier alpha value is -0.480. The van der Waals surface area contributed by atoms with Gasteiger partial charge in [0.1, 0.15) is 0 Å². The Bertz CT molecular complexity index is 206. The van der Waals surface area contributed by atoms with E-state index >= 15 is 0 Å². The van der Waals surface area contributed by atoms with E-state index in [0.717, 1.165) is 0 Å². The normalized spacial score (nSPS) is 11.3. The summed E-state index contributed by atoms with van der Waals surface area (Å²) in [6, 6.07) is 0. The zero-order valence-electron chi connectivity index (χ0n) is 8.21. The predicted molar refractivity (Wildman–Crippen MR) is 57.6 cm³/mol. The van der Waals surface area contributed by atoms with Crippen LogP contribution in [0.5, 0.6) is 0 Å². The standard InChI is InChI=1S/C9H14Cl2O4/c10-5-1-3-9(7(12)13,8(14)15)4-2-6-11/h1-6H2,(H,12,13)(H,14,15). The second-order valence-electron chi connectivity index (χ2n) is 3.28. The van der Waals surface area contributed by atoms with Gasteiger partial charge in [0.15, 0.2) is 5.41 Å². The molecule has 0 rings (SSSR count). The summed E-state index contributed by atoms with van der Waals surface area (Å²) >= 11 is 10.9. The van der Waals surface area contributed by atoms with Gasteiger partial charge in [-0.2, -0.15) is 0 Å². The number of carbonyl (C=O) groups is 2. The average Bonchev–Trinajstić information content (AvgIpc) is 2.17. The van der Waals surface area contributed by atoms with E-state index in [4.69, 9.17) is 33.4 Å². The highest BCUT2D eigenvalue weighted by molar-refractivity contribution is 6.18. The monoisotopic (exact) mass is 256 g/mol. The molecule has 0 radical (unpaired) electrons. The predicted octanol–water partition coefficient (Wildman–Crippen LogP) is 2.18. The zero-order chi connectivity index (χ0) is 11.9. The van der Waals surface area contributed by atoms with Crippen LogP contribution in [0.2, 0.25) is 0 Å². The fourth-order valence-electron chi connectivity index (χ4n) is 1.38. The van der Waals surface area contributed by atoms with E-state index in [1.807, 2.05) is 0 Å². The Morgan fingerprint density at radius 1 is 0.933 bits per heavy atom. The van der Waals surface area contributed by atoms with Crippen LogP contribution in [0.4, 0.5) is 0 Å². The molecule has 0 saturated carbocycles. The van der Waals surface area contributed by atoms with Crippen molar-refractivity contribution in [3.63, 3.8) is 0 Å². The van der Waals surface area contributed by atoms with E-state index in [1.54, 1.807) is 0 Å². The molecule has 0 atom stereocenters. The van der Waals surface area contributed by atoms with E-state index in [-0.39, 0.29) is 24.6 Å². The maximum Gasteiger partial charge on any atom is 0.321 e. The van der Waals surface area contributed by atoms with Crippen LogP contribution >= 0.6 is 23.2 Å². The Morgan fingerprint density at radius 3 is 1.47 bits per heavy atom. The maximum absolute atomic E-state index is 11.0. The lowest BCUT2D eigenvalue weighted by atomic mass is 9.79. The van der Waals surface area contributed by atoms with Gasteiger partial charge in [0.25, 0.3) is 0 Å². The highest BCUT2D eigenvalue weighted by atomic mass is 35.5. The number of alkyl halides is 2. The van der Waals surface area contributed by atoms with Crippen molar-refractivity contribution in [2.24, 2.45) is 5.41 Å².